The van der Waals surface area contributed by atoms with Crippen LogP contribution in [0.15, 0.2) is 18.3 Å². The highest BCUT2D eigenvalue weighted by molar-refractivity contribution is 7.92. The SMILES string of the molecule is O=S(=O)(CC1(F)CC1)Nc1ccc(C(F)F)nc1. The smallest absolute Gasteiger partial charge is 0.280 e. The lowest BCUT2D eigenvalue weighted by Gasteiger charge is -2.09. The van der Waals surface area contributed by atoms with Crippen molar-refractivity contribution in [2.24, 2.45) is 0 Å². The van der Waals surface area contributed by atoms with E-state index < -0.39 is 33.6 Å². The van der Waals surface area contributed by atoms with Gasteiger partial charge in [-0.15, -0.1) is 0 Å². The van der Waals surface area contributed by atoms with Gasteiger partial charge in [0.1, 0.15) is 17.1 Å². The fourth-order valence-electron chi connectivity index (χ4n) is 1.43. The van der Waals surface area contributed by atoms with Gasteiger partial charge in [-0.25, -0.2) is 21.6 Å². The molecule has 0 unspecified atom stereocenters. The van der Waals surface area contributed by atoms with Crippen molar-refractivity contribution in [3.63, 3.8) is 0 Å². The Morgan fingerprint density at radius 1 is 1.39 bits per heavy atom. The molecule has 4 nitrogen and oxygen atoms in total. The number of hydrogen-bond donors (Lipinski definition) is 1. The number of nitrogens with one attached hydrogen (secondary N) is 1. The second-order valence-electron chi connectivity index (χ2n) is 4.28. The van der Waals surface area contributed by atoms with E-state index in [1.165, 1.54) is 6.07 Å². The third-order valence-electron chi connectivity index (χ3n) is 2.52. The molecule has 0 amide bonds. The molecular formula is C10H11F3N2O2S. The van der Waals surface area contributed by atoms with Gasteiger partial charge < -0.3 is 0 Å². The molecule has 0 bridgehead atoms. The fraction of sp³-hybridized carbons (Fsp3) is 0.500. The van der Waals surface area contributed by atoms with Crippen LogP contribution in [0.25, 0.3) is 0 Å². The van der Waals surface area contributed by atoms with Crippen LogP contribution >= 0.6 is 0 Å². The summed E-state index contributed by atoms with van der Waals surface area (Å²) < 4.78 is 63.0. The van der Waals surface area contributed by atoms with E-state index in [1.807, 2.05) is 0 Å². The molecule has 1 fully saturated rings. The lowest BCUT2D eigenvalue weighted by Crippen LogP contribution is -2.24. The summed E-state index contributed by atoms with van der Waals surface area (Å²) in [6, 6.07) is 2.19. The highest BCUT2D eigenvalue weighted by Crippen LogP contribution is 2.40. The van der Waals surface area contributed by atoms with Crippen LogP contribution in [-0.4, -0.2) is 24.8 Å². The zero-order valence-corrected chi connectivity index (χ0v) is 10.1. The van der Waals surface area contributed by atoms with Crippen LogP contribution in [0.2, 0.25) is 0 Å². The van der Waals surface area contributed by atoms with Crippen LogP contribution in [0.4, 0.5) is 18.9 Å². The van der Waals surface area contributed by atoms with Gasteiger partial charge in [0.05, 0.1) is 11.9 Å². The maximum absolute atomic E-state index is 13.3. The number of hydrogen-bond acceptors (Lipinski definition) is 3. The van der Waals surface area contributed by atoms with Crippen LogP contribution in [0.3, 0.4) is 0 Å². The maximum Gasteiger partial charge on any atom is 0.280 e. The third kappa shape index (κ3) is 3.34. The summed E-state index contributed by atoms with van der Waals surface area (Å²) in [6.07, 6.45) is -1.26. The summed E-state index contributed by atoms with van der Waals surface area (Å²) >= 11 is 0. The van der Waals surface area contributed by atoms with E-state index in [4.69, 9.17) is 0 Å². The Balaban J connectivity index is 2.04. The van der Waals surface area contributed by atoms with Gasteiger partial charge in [0.15, 0.2) is 0 Å². The van der Waals surface area contributed by atoms with E-state index >= 15 is 0 Å². The number of anilines is 1. The molecule has 18 heavy (non-hydrogen) atoms. The first-order valence-electron chi connectivity index (χ1n) is 5.23. The second kappa shape index (κ2) is 4.42. The largest absolute Gasteiger partial charge is 0.282 e. The topological polar surface area (TPSA) is 59.1 Å². The van der Waals surface area contributed by atoms with Crippen LogP contribution in [-0.2, 0) is 10.0 Å². The van der Waals surface area contributed by atoms with Gasteiger partial charge in [-0.2, -0.15) is 0 Å². The molecule has 0 radical (unpaired) electrons. The minimum Gasteiger partial charge on any atom is -0.282 e. The van der Waals surface area contributed by atoms with Crippen molar-refractivity contribution in [2.75, 3.05) is 10.5 Å². The summed E-state index contributed by atoms with van der Waals surface area (Å²) in [5, 5.41) is 0. The summed E-state index contributed by atoms with van der Waals surface area (Å²) in [5.41, 5.74) is -2.03. The highest BCUT2D eigenvalue weighted by Gasteiger charge is 2.47. The molecule has 100 valence electrons. The number of aromatic nitrogens is 1. The molecule has 8 heteroatoms. The Hall–Kier alpha value is -1.31. The Bertz CT molecular complexity index is 527. The molecule has 0 spiro atoms. The highest BCUT2D eigenvalue weighted by atomic mass is 32.2. The minimum atomic E-state index is -3.82. The Labute approximate surface area is 102 Å². The number of sulfonamides is 1. The summed E-state index contributed by atoms with van der Waals surface area (Å²) in [6.45, 7) is 0. The first-order valence-corrected chi connectivity index (χ1v) is 6.88. The molecule has 0 saturated heterocycles. The monoisotopic (exact) mass is 280 g/mol. The van der Waals surface area contributed by atoms with Gasteiger partial charge in [-0.1, -0.05) is 0 Å². The Morgan fingerprint density at radius 3 is 2.50 bits per heavy atom. The second-order valence-corrected chi connectivity index (χ2v) is 6.01. The predicted molar refractivity (Wildman–Crippen MR) is 59.7 cm³/mol. The van der Waals surface area contributed by atoms with Crippen LogP contribution in [0, 0.1) is 0 Å². The fourth-order valence-corrected chi connectivity index (χ4v) is 2.95. The van der Waals surface area contributed by atoms with Crippen molar-refractivity contribution in [3.8, 4) is 0 Å². The van der Waals surface area contributed by atoms with Crippen LogP contribution in [0.5, 0.6) is 0 Å². The van der Waals surface area contributed by atoms with Gasteiger partial charge in [0.2, 0.25) is 10.0 Å². The molecule has 1 aromatic heterocycles. The molecule has 2 rings (SSSR count). The van der Waals surface area contributed by atoms with Gasteiger partial charge in [0, 0.05) is 0 Å². The number of rotatable bonds is 5. The van der Waals surface area contributed by atoms with E-state index in [2.05, 4.69) is 9.71 Å². The third-order valence-corrected chi connectivity index (χ3v) is 3.97. The molecule has 1 N–H and O–H groups in total. The first-order chi connectivity index (χ1) is 8.30. The van der Waals surface area contributed by atoms with E-state index in [-0.39, 0.29) is 18.5 Å². The minimum absolute atomic E-state index is 0.0450. The molecule has 1 aliphatic carbocycles. The number of pyridine rings is 1. The summed E-state index contributed by atoms with van der Waals surface area (Å²) in [4.78, 5) is 3.40. The molecule has 0 atom stereocenters. The van der Waals surface area contributed by atoms with Gasteiger partial charge in [-0.3, -0.25) is 9.71 Å². The molecule has 1 aromatic rings. The van der Waals surface area contributed by atoms with Crippen LogP contribution < -0.4 is 4.72 Å². The standard InChI is InChI=1S/C10H11F3N2O2S/c11-9(12)8-2-1-7(5-14-8)15-18(16,17)6-10(13)3-4-10/h1-2,5,9,15H,3-4,6H2. The predicted octanol–water partition coefficient (Wildman–Crippen LogP) is 2.26. The Kier molecular flexibility index (Phi) is 3.22. The first kappa shape index (κ1) is 13.1. The maximum atomic E-state index is 13.3. The van der Waals surface area contributed by atoms with E-state index in [1.54, 1.807) is 0 Å². The van der Waals surface area contributed by atoms with E-state index in [0.29, 0.717) is 0 Å². The summed E-state index contributed by atoms with van der Waals surface area (Å²) in [7, 11) is -3.82. The molecule has 1 saturated carbocycles. The van der Waals surface area contributed by atoms with E-state index in [0.717, 1.165) is 12.3 Å². The van der Waals surface area contributed by atoms with Crippen LogP contribution in [0.1, 0.15) is 25.0 Å². The van der Waals surface area contributed by atoms with Crippen molar-refractivity contribution >= 4 is 15.7 Å². The van der Waals surface area contributed by atoms with Crippen molar-refractivity contribution in [3.05, 3.63) is 24.0 Å². The molecule has 1 aliphatic rings. The molecular weight excluding hydrogens is 269 g/mol. The molecule has 0 aliphatic heterocycles. The van der Waals surface area contributed by atoms with E-state index in [9.17, 15) is 21.6 Å². The Morgan fingerprint density at radius 2 is 2.06 bits per heavy atom. The molecule has 0 aromatic carbocycles. The van der Waals surface area contributed by atoms with Crippen molar-refractivity contribution in [2.45, 2.75) is 24.9 Å². The van der Waals surface area contributed by atoms with Crippen molar-refractivity contribution in [1.29, 1.82) is 0 Å². The zero-order chi connectivity index (χ0) is 13.4. The zero-order valence-electron chi connectivity index (χ0n) is 9.24. The number of nitrogens with zero attached hydrogens (tertiary/aromatic N) is 1. The van der Waals surface area contributed by atoms with Crippen molar-refractivity contribution < 1.29 is 21.6 Å². The number of alkyl halides is 3. The normalized spacial score (nSPS) is 17.8. The van der Waals surface area contributed by atoms with Gasteiger partial charge in [-0.05, 0) is 25.0 Å². The summed E-state index contributed by atoms with van der Waals surface area (Å²) in [5.74, 6) is -0.614. The molecule has 1 heterocycles. The quantitative estimate of drug-likeness (QED) is 0.900. The average Bonchev–Trinajstić information content (AvgIpc) is 2.94. The lowest BCUT2D eigenvalue weighted by atomic mass is 10.3. The van der Waals surface area contributed by atoms with Gasteiger partial charge >= 0.3 is 0 Å². The lowest BCUT2D eigenvalue weighted by molar-refractivity contribution is 0.146. The number of halogens is 3. The average molecular weight is 280 g/mol. The van der Waals surface area contributed by atoms with Crippen molar-refractivity contribution in [1.82, 2.24) is 4.98 Å². The van der Waals surface area contributed by atoms with Gasteiger partial charge in [0.25, 0.3) is 6.43 Å².